The standard InChI is InChI=1S/C16H12ClF3O2.C3H7NO.2C2H6/c1-10(21)12-4-2-3-11(7-12)9-22-15-6-5-13(8-14(15)17)16(18,19)20;1-2-3(4)5;2*1-2/h2-8H,9H2,1H3;2H2,1H3,(H2,4,5);2*1-2H3. The summed E-state index contributed by atoms with van der Waals surface area (Å²) in [6.45, 7) is 11.3. The first-order valence-corrected chi connectivity index (χ1v) is 10.3. The summed E-state index contributed by atoms with van der Waals surface area (Å²) < 4.78 is 43.0. The smallest absolute Gasteiger partial charge is 0.416 e. The second-order valence-electron chi connectivity index (χ2n) is 5.51. The van der Waals surface area contributed by atoms with Crippen molar-refractivity contribution < 1.29 is 27.5 Å². The Bertz CT molecular complexity index is 809. The van der Waals surface area contributed by atoms with Gasteiger partial charge in [-0.2, -0.15) is 13.2 Å². The van der Waals surface area contributed by atoms with E-state index in [1.54, 1.807) is 31.2 Å². The summed E-state index contributed by atoms with van der Waals surface area (Å²) in [7, 11) is 0. The van der Waals surface area contributed by atoms with Gasteiger partial charge < -0.3 is 10.5 Å². The molecule has 1 amide bonds. The highest BCUT2D eigenvalue weighted by atomic mass is 35.5. The Morgan fingerprint density at radius 1 is 1.03 bits per heavy atom. The molecule has 0 bridgehead atoms. The summed E-state index contributed by atoms with van der Waals surface area (Å²) in [5.41, 5.74) is 5.09. The zero-order valence-corrected chi connectivity index (χ0v) is 19.5. The van der Waals surface area contributed by atoms with Crippen LogP contribution >= 0.6 is 11.6 Å². The molecule has 0 spiro atoms. The van der Waals surface area contributed by atoms with E-state index in [-0.39, 0.29) is 29.1 Å². The lowest BCUT2D eigenvalue weighted by Gasteiger charge is -2.11. The minimum Gasteiger partial charge on any atom is -0.487 e. The van der Waals surface area contributed by atoms with Crippen molar-refractivity contribution in [3.05, 3.63) is 64.2 Å². The molecule has 0 unspecified atom stereocenters. The summed E-state index contributed by atoms with van der Waals surface area (Å²) in [6.07, 6.45) is -4.00. The molecule has 8 heteroatoms. The molecule has 0 aliphatic carbocycles. The first-order chi connectivity index (χ1) is 14.5. The Morgan fingerprint density at radius 2 is 1.58 bits per heavy atom. The van der Waals surface area contributed by atoms with Crippen molar-refractivity contribution in [3.63, 3.8) is 0 Å². The fraction of sp³-hybridized carbons (Fsp3) is 0.391. The first kappa shape index (κ1) is 30.7. The quantitative estimate of drug-likeness (QED) is 0.484. The molecule has 31 heavy (non-hydrogen) atoms. The third-order valence-corrected chi connectivity index (χ3v) is 3.63. The zero-order valence-electron chi connectivity index (χ0n) is 18.8. The van der Waals surface area contributed by atoms with Crippen LogP contribution in [-0.4, -0.2) is 11.7 Å². The van der Waals surface area contributed by atoms with Crippen molar-refractivity contribution in [1.29, 1.82) is 0 Å². The highest BCUT2D eigenvalue weighted by molar-refractivity contribution is 6.32. The second-order valence-corrected chi connectivity index (χ2v) is 5.92. The molecule has 2 aromatic rings. The second kappa shape index (κ2) is 16.2. The Labute approximate surface area is 187 Å². The Kier molecular flexibility index (Phi) is 16.0. The molecule has 0 radical (unpaired) electrons. The van der Waals surface area contributed by atoms with Gasteiger partial charge in [-0.1, -0.05) is 64.4 Å². The molecule has 2 rings (SSSR count). The zero-order chi connectivity index (χ0) is 24.6. The van der Waals surface area contributed by atoms with Crippen LogP contribution in [0.15, 0.2) is 42.5 Å². The molecule has 0 saturated carbocycles. The molecule has 0 aliphatic rings. The number of Topliss-reactive ketones (excluding diaryl/α,β-unsaturated/α-hetero) is 1. The van der Waals surface area contributed by atoms with E-state index in [1.165, 1.54) is 13.0 Å². The number of carbonyl (C=O) groups is 2. The van der Waals surface area contributed by atoms with Gasteiger partial charge in [0.25, 0.3) is 0 Å². The van der Waals surface area contributed by atoms with Crippen LogP contribution in [-0.2, 0) is 17.6 Å². The maximum Gasteiger partial charge on any atom is 0.416 e. The SMILES string of the molecule is CC.CC.CC(=O)c1cccc(COc2ccc(C(F)(F)F)cc2Cl)c1.CCC(N)=O. The van der Waals surface area contributed by atoms with Gasteiger partial charge in [0.05, 0.1) is 10.6 Å². The van der Waals surface area contributed by atoms with Crippen LogP contribution in [0, 0.1) is 0 Å². The molecule has 0 fully saturated rings. The number of hydrogen-bond acceptors (Lipinski definition) is 3. The molecule has 4 nitrogen and oxygen atoms in total. The minimum atomic E-state index is -4.45. The highest BCUT2D eigenvalue weighted by Crippen LogP contribution is 2.34. The lowest BCUT2D eigenvalue weighted by Crippen LogP contribution is -2.06. The van der Waals surface area contributed by atoms with E-state index in [4.69, 9.17) is 16.3 Å². The molecule has 2 N–H and O–H groups in total. The van der Waals surface area contributed by atoms with Crippen LogP contribution < -0.4 is 10.5 Å². The molecular weight excluding hydrogens is 431 g/mol. The number of hydrogen-bond donors (Lipinski definition) is 1. The molecule has 0 aromatic heterocycles. The average Bonchev–Trinajstić information content (AvgIpc) is 2.75. The van der Waals surface area contributed by atoms with Crippen molar-refractivity contribution in [3.8, 4) is 5.75 Å². The summed E-state index contributed by atoms with van der Waals surface area (Å²) in [4.78, 5) is 20.9. The third-order valence-electron chi connectivity index (χ3n) is 3.34. The van der Waals surface area contributed by atoms with Gasteiger partial charge in [-0.3, -0.25) is 9.59 Å². The van der Waals surface area contributed by atoms with Gasteiger partial charge in [0, 0.05) is 12.0 Å². The Hall–Kier alpha value is -2.54. The molecule has 0 heterocycles. The normalized spacial score (nSPS) is 9.61. The monoisotopic (exact) mass is 461 g/mol. The summed E-state index contributed by atoms with van der Waals surface area (Å²) >= 11 is 5.80. The van der Waals surface area contributed by atoms with Crippen molar-refractivity contribution in [1.82, 2.24) is 0 Å². The van der Waals surface area contributed by atoms with Crippen molar-refractivity contribution in [2.75, 3.05) is 0 Å². The first-order valence-electron chi connectivity index (χ1n) is 9.92. The Balaban J connectivity index is 0. The van der Waals surface area contributed by atoms with Gasteiger partial charge in [-0.05, 0) is 36.8 Å². The highest BCUT2D eigenvalue weighted by Gasteiger charge is 2.31. The van der Waals surface area contributed by atoms with Crippen LogP contribution in [0.5, 0.6) is 5.75 Å². The predicted octanol–water partition coefficient (Wildman–Crippen LogP) is 7.07. The number of carbonyl (C=O) groups excluding carboxylic acids is 2. The summed E-state index contributed by atoms with van der Waals surface area (Å²) in [6, 6.07) is 9.72. The van der Waals surface area contributed by atoms with E-state index in [9.17, 15) is 22.8 Å². The van der Waals surface area contributed by atoms with Crippen LogP contribution in [0.4, 0.5) is 13.2 Å². The van der Waals surface area contributed by atoms with Gasteiger partial charge in [0.2, 0.25) is 5.91 Å². The van der Waals surface area contributed by atoms with E-state index in [2.05, 4.69) is 5.73 Å². The number of alkyl halides is 3. The number of halogens is 4. The van der Waals surface area contributed by atoms with Crippen LogP contribution in [0.25, 0.3) is 0 Å². The number of primary amides is 1. The molecule has 0 saturated heterocycles. The lowest BCUT2D eigenvalue weighted by atomic mass is 10.1. The average molecular weight is 462 g/mol. The van der Waals surface area contributed by atoms with E-state index < -0.39 is 11.7 Å². The fourth-order valence-electron chi connectivity index (χ4n) is 1.84. The van der Waals surface area contributed by atoms with Crippen LogP contribution in [0.2, 0.25) is 5.02 Å². The fourth-order valence-corrected chi connectivity index (χ4v) is 2.07. The van der Waals surface area contributed by atoms with Crippen molar-refractivity contribution >= 4 is 23.3 Å². The van der Waals surface area contributed by atoms with Gasteiger partial charge in [-0.15, -0.1) is 0 Å². The minimum absolute atomic E-state index is 0.0746. The van der Waals surface area contributed by atoms with Crippen molar-refractivity contribution in [2.45, 2.75) is 60.7 Å². The summed E-state index contributed by atoms with van der Waals surface area (Å²) in [5, 5.41) is -0.113. The van der Waals surface area contributed by atoms with E-state index in [1.807, 2.05) is 27.7 Å². The summed E-state index contributed by atoms with van der Waals surface area (Å²) in [5.74, 6) is -0.165. The number of benzene rings is 2. The number of amides is 1. The largest absolute Gasteiger partial charge is 0.487 e. The van der Waals surface area contributed by atoms with Gasteiger partial charge in [0.15, 0.2) is 5.78 Å². The number of rotatable bonds is 5. The van der Waals surface area contributed by atoms with E-state index in [0.29, 0.717) is 12.0 Å². The number of ether oxygens (including phenoxy) is 1. The lowest BCUT2D eigenvalue weighted by molar-refractivity contribution is -0.137. The van der Waals surface area contributed by atoms with E-state index in [0.717, 1.165) is 17.7 Å². The van der Waals surface area contributed by atoms with Crippen molar-refractivity contribution in [2.24, 2.45) is 5.73 Å². The van der Waals surface area contributed by atoms with Gasteiger partial charge in [-0.25, -0.2) is 0 Å². The molecule has 174 valence electrons. The van der Waals surface area contributed by atoms with Crippen LogP contribution in [0.1, 0.15) is 69.4 Å². The van der Waals surface area contributed by atoms with Crippen LogP contribution in [0.3, 0.4) is 0 Å². The maximum absolute atomic E-state index is 12.5. The van der Waals surface area contributed by atoms with E-state index >= 15 is 0 Å². The Morgan fingerprint density at radius 3 is 2.00 bits per heavy atom. The van der Waals surface area contributed by atoms with Gasteiger partial charge in [0.1, 0.15) is 12.4 Å². The number of ketones is 1. The molecular formula is C23H31ClF3NO3. The third kappa shape index (κ3) is 12.7. The molecule has 0 aliphatic heterocycles. The molecule has 2 aromatic carbocycles. The molecule has 0 atom stereocenters. The van der Waals surface area contributed by atoms with Gasteiger partial charge >= 0.3 is 6.18 Å². The topological polar surface area (TPSA) is 69.4 Å². The number of nitrogens with two attached hydrogens (primary N) is 1. The predicted molar refractivity (Wildman–Crippen MR) is 119 cm³/mol. The maximum atomic E-state index is 12.5.